The van der Waals surface area contributed by atoms with Crippen molar-refractivity contribution in [2.45, 2.75) is 25.9 Å². The van der Waals surface area contributed by atoms with Crippen molar-refractivity contribution < 1.29 is 14.4 Å². The van der Waals surface area contributed by atoms with Gasteiger partial charge in [0.15, 0.2) is 11.6 Å². The molecule has 0 aliphatic carbocycles. The van der Waals surface area contributed by atoms with Gasteiger partial charge in [-0.15, -0.1) is 0 Å². The fourth-order valence-corrected chi connectivity index (χ4v) is 2.75. The molecular formula is C15H17N5O4S. The average Bonchev–Trinajstić information content (AvgIpc) is 3.23. The largest absolute Gasteiger partial charge is 0.487 e. The van der Waals surface area contributed by atoms with E-state index in [0.29, 0.717) is 29.4 Å². The van der Waals surface area contributed by atoms with Crippen molar-refractivity contribution in [2.24, 2.45) is 5.10 Å². The lowest BCUT2D eigenvalue weighted by molar-refractivity contribution is -0.385. The zero-order chi connectivity index (χ0) is 17.8. The van der Waals surface area contributed by atoms with E-state index in [1.54, 1.807) is 19.1 Å². The van der Waals surface area contributed by atoms with E-state index in [0.717, 1.165) is 12.8 Å². The van der Waals surface area contributed by atoms with Crippen LogP contribution in [0.5, 0.6) is 5.75 Å². The lowest BCUT2D eigenvalue weighted by Gasteiger charge is -2.07. The lowest BCUT2D eigenvalue weighted by Crippen LogP contribution is -2.05. The quantitative estimate of drug-likeness (QED) is 0.366. The molecule has 1 aromatic heterocycles. The van der Waals surface area contributed by atoms with Gasteiger partial charge in [-0.05, 0) is 44.1 Å². The number of benzene rings is 1. The number of nitro groups is 1. The molecule has 1 aliphatic heterocycles. The number of hydrogen-bond donors (Lipinski definition) is 1. The third-order valence-corrected chi connectivity index (χ3v) is 3.96. The van der Waals surface area contributed by atoms with Crippen LogP contribution in [0.25, 0.3) is 0 Å². The van der Waals surface area contributed by atoms with Gasteiger partial charge in [0.2, 0.25) is 4.77 Å². The summed E-state index contributed by atoms with van der Waals surface area (Å²) < 4.78 is 12.7. The van der Waals surface area contributed by atoms with E-state index in [2.05, 4.69) is 15.3 Å². The highest BCUT2D eigenvalue weighted by molar-refractivity contribution is 7.71. The van der Waals surface area contributed by atoms with Crippen molar-refractivity contribution in [3.8, 4) is 5.75 Å². The third kappa shape index (κ3) is 3.74. The molecule has 0 bridgehead atoms. The molecule has 0 radical (unpaired) electrons. The fourth-order valence-electron chi connectivity index (χ4n) is 2.56. The Balaban J connectivity index is 1.90. The Bertz CT molecular complexity index is 854. The zero-order valence-electron chi connectivity index (χ0n) is 13.5. The maximum Gasteiger partial charge on any atom is 0.311 e. The summed E-state index contributed by atoms with van der Waals surface area (Å²) in [6, 6.07) is 4.65. The Kier molecular flexibility index (Phi) is 5.19. The number of aromatic amines is 1. The number of nitrogens with zero attached hydrogens (tertiary/aromatic N) is 4. The summed E-state index contributed by atoms with van der Waals surface area (Å²) in [4.78, 5) is 10.7. The minimum atomic E-state index is -0.483. The Morgan fingerprint density at radius 3 is 3.16 bits per heavy atom. The van der Waals surface area contributed by atoms with Crippen LogP contribution in [0.1, 0.15) is 37.3 Å². The molecule has 1 saturated heterocycles. The van der Waals surface area contributed by atoms with Crippen LogP contribution in [-0.2, 0) is 4.74 Å². The topological polar surface area (TPSA) is 108 Å². The van der Waals surface area contributed by atoms with Crippen molar-refractivity contribution in [3.63, 3.8) is 0 Å². The van der Waals surface area contributed by atoms with Crippen molar-refractivity contribution in [1.29, 1.82) is 0 Å². The highest BCUT2D eigenvalue weighted by Crippen LogP contribution is 2.28. The first-order valence-corrected chi connectivity index (χ1v) is 8.25. The van der Waals surface area contributed by atoms with Crippen LogP contribution in [0, 0.1) is 14.9 Å². The molecule has 1 atom stereocenters. The number of hydrogen-bond acceptors (Lipinski definition) is 7. The molecule has 132 valence electrons. The number of aromatic nitrogens is 3. The summed E-state index contributed by atoms with van der Waals surface area (Å²) in [5, 5.41) is 22.4. The van der Waals surface area contributed by atoms with Gasteiger partial charge in [0.25, 0.3) is 0 Å². The maximum absolute atomic E-state index is 11.2. The van der Waals surface area contributed by atoms with Gasteiger partial charge >= 0.3 is 5.69 Å². The SMILES string of the molecule is CCOc1ccc(/C=N\n2c(C3CCCO3)n[nH]c2=S)cc1[N+](=O)[O-]. The molecular weight excluding hydrogens is 346 g/mol. The van der Waals surface area contributed by atoms with Crippen molar-refractivity contribution in [1.82, 2.24) is 14.9 Å². The van der Waals surface area contributed by atoms with E-state index >= 15 is 0 Å². The smallest absolute Gasteiger partial charge is 0.311 e. The van der Waals surface area contributed by atoms with E-state index in [1.807, 2.05) is 0 Å². The Morgan fingerprint density at radius 2 is 2.48 bits per heavy atom. The molecule has 0 amide bonds. The summed E-state index contributed by atoms with van der Waals surface area (Å²) in [7, 11) is 0. The van der Waals surface area contributed by atoms with Crippen LogP contribution in [0.4, 0.5) is 5.69 Å². The summed E-state index contributed by atoms with van der Waals surface area (Å²) >= 11 is 5.19. The summed E-state index contributed by atoms with van der Waals surface area (Å²) in [6.45, 7) is 2.80. The highest BCUT2D eigenvalue weighted by Gasteiger charge is 2.23. The second-order valence-corrected chi connectivity index (χ2v) is 5.75. The summed E-state index contributed by atoms with van der Waals surface area (Å²) in [5.74, 6) is 0.823. The third-order valence-electron chi connectivity index (χ3n) is 3.69. The first-order chi connectivity index (χ1) is 12.1. The molecule has 2 heterocycles. The molecule has 1 aliphatic rings. The number of ether oxygens (including phenoxy) is 2. The first-order valence-electron chi connectivity index (χ1n) is 7.84. The maximum atomic E-state index is 11.2. The van der Waals surface area contributed by atoms with Crippen molar-refractivity contribution in [2.75, 3.05) is 13.2 Å². The minimum absolute atomic E-state index is 0.110. The number of rotatable bonds is 6. The first kappa shape index (κ1) is 17.2. The van der Waals surface area contributed by atoms with E-state index in [9.17, 15) is 10.1 Å². The zero-order valence-corrected chi connectivity index (χ0v) is 14.4. The standard InChI is InChI=1S/C15H17N5O4S/c1-2-23-12-6-5-10(8-11(12)20(21)22)9-16-19-14(17-18-15(19)25)13-4-3-7-24-13/h5-6,8-9,13H,2-4,7H2,1H3,(H,18,25)/b16-9-. The Morgan fingerprint density at radius 1 is 1.64 bits per heavy atom. The minimum Gasteiger partial charge on any atom is -0.487 e. The second-order valence-electron chi connectivity index (χ2n) is 5.36. The number of H-pyrrole nitrogens is 1. The van der Waals surface area contributed by atoms with E-state index in [1.165, 1.54) is 17.0 Å². The van der Waals surface area contributed by atoms with Crippen LogP contribution in [-0.4, -0.2) is 39.2 Å². The molecule has 10 heteroatoms. The molecule has 9 nitrogen and oxygen atoms in total. The molecule has 2 aromatic rings. The molecule has 0 saturated carbocycles. The van der Waals surface area contributed by atoms with Crippen LogP contribution in [0.2, 0.25) is 0 Å². The molecule has 3 rings (SSSR count). The summed E-state index contributed by atoms with van der Waals surface area (Å²) in [5.41, 5.74) is 0.442. The monoisotopic (exact) mass is 363 g/mol. The van der Waals surface area contributed by atoms with E-state index in [4.69, 9.17) is 21.7 Å². The Labute approximate surface area is 148 Å². The van der Waals surface area contributed by atoms with Crippen molar-refractivity contribution in [3.05, 3.63) is 44.5 Å². The Hall–Kier alpha value is -2.59. The van der Waals surface area contributed by atoms with Gasteiger partial charge in [-0.3, -0.25) is 15.2 Å². The lowest BCUT2D eigenvalue weighted by atomic mass is 10.2. The van der Waals surface area contributed by atoms with Crippen LogP contribution >= 0.6 is 12.2 Å². The second kappa shape index (κ2) is 7.53. The normalized spacial score (nSPS) is 17.2. The van der Waals surface area contributed by atoms with Crippen LogP contribution in [0.15, 0.2) is 23.3 Å². The predicted octanol–water partition coefficient (Wildman–Crippen LogP) is 2.98. The van der Waals surface area contributed by atoms with Crippen LogP contribution in [0.3, 0.4) is 0 Å². The average molecular weight is 363 g/mol. The van der Waals surface area contributed by atoms with Gasteiger partial charge in [-0.2, -0.15) is 14.9 Å². The van der Waals surface area contributed by atoms with E-state index in [-0.39, 0.29) is 17.5 Å². The van der Waals surface area contributed by atoms with Gasteiger partial charge in [0.1, 0.15) is 6.10 Å². The number of nitrogens with one attached hydrogen (secondary N) is 1. The summed E-state index contributed by atoms with van der Waals surface area (Å²) in [6.07, 6.45) is 3.15. The predicted molar refractivity (Wildman–Crippen MR) is 92.6 cm³/mol. The van der Waals surface area contributed by atoms with Gasteiger partial charge in [0.05, 0.1) is 17.7 Å². The van der Waals surface area contributed by atoms with E-state index < -0.39 is 4.92 Å². The van der Waals surface area contributed by atoms with Gasteiger partial charge < -0.3 is 9.47 Å². The molecule has 1 unspecified atom stereocenters. The van der Waals surface area contributed by atoms with Gasteiger partial charge in [-0.1, -0.05) is 0 Å². The van der Waals surface area contributed by atoms with Crippen LogP contribution < -0.4 is 4.74 Å². The van der Waals surface area contributed by atoms with Gasteiger partial charge in [0, 0.05) is 18.2 Å². The van der Waals surface area contributed by atoms with Gasteiger partial charge in [-0.25, -0.2) is 0 Å². The van der Waals surface area contributed by atoms with Crippen molar-refractivity contribution >= 4 is 24.1 Å². The molecule has 1 aromatic carbocycles. The number of nitro benzene ring substituents is 1. The fraction of sp³-hybridized carbons (Fsp3) is 0.400. The molecule has 25 heavy (non-hydrogen) atoms. The molecule has 1 fully saturated rings. The molecule has 0 spiro atoms. The molecule has 1 N–H and O–H groups in total. The highest BCUT2D eigenvalue weighted by atomic mass is 32.1.